The molecule has 0 N–H and O–H groups in total. The molecule has 0 aliphatic rings. The van der Waals surface area contributed by atoms with Gasteiger partial charge in [-0.3, -0.25) is 19.9 Å². The third-order valence-corrected chi connectivity index (χ3v) is 3.47. The summed E-state index contributed by atoms with van der Waals surface area (Å²) >= 11 is 1.56. The number of aromatic nitrogens is 1. The zero-order valence-electron chi connectivity index (χ0n) is 9.85. The lowest BCUT2D eigenvalue weighted by Gasteiger charge is -2.01. The van der Waals surface area contributed by atoms with E-state index in [2.05, 4.69) is 4.98 Å². The fraction of sp³-hybridized carbons (Fsp3) is 0.0769. The van der Waals surface area contributed by atoms with Crippen LogP contribution in [0.5, 0.6) is 0 Å². The highest BCUT2D eigenvalue weighted by atomic mass is 32.2. The Labute approximate surface area is 113 Å². The summed E-state index contributed by atoms with van der Waals surface area (Å²) in [6.45, 7) is 0. The van der Waals surface area contributed by atoms with Gasteiger partial charge in [0.15, 0.2) is 0 Å². The number of pyridine rings is 1. The topological polar surface area (TPSA) is 73.1 Å². The Balaban J connectivity index is 1.97. The van der Waals surface area contributed by atoms with E-state index < -0.39 is 4.92 Å². The van der Waals surface area contributed by atoms with Crippen molar-refractivity contribution in [1.82, 2.24) is 4.98 Å². The first kappa shape index (κ1) is 13.2. The molecule has 0 bridgehead atoms. The number of rotatable bonds is 5. The van der Waals surface area contributed by atoms with E-state index in [0.29, 0.717) is 11.3 Å². The highest BCUT2D eigenvalue weighted by Crippen LogP contribution is 2.22. The second kappa shape index (κ2) is 6.10. The molecule has 0 spiro atoms. The molecule has 0 aliphatic heterocycles. The van der Waals surface area contributed by atoms with Crippen molar-refractivity contribution >= 4 is 23.7 Å². The Kier molecular flexibility index (Phi) is 4.25. The fourth-order valence-corrected chi connectivity index (χ4v) is 2.22. The largest absolute Gasteiger partial charge is 0.298 e. The summed E-state index contributed by atoms with van der Waals surface area (Å²) in [6.07, 6.45) is 2.05. The van der Waals surface area contributed by atoms with Crippen molar-refractivity contribution in [3.63, 3.8) is 0 Å². The SMILES string of the molecule is O=Cc1ccc(SCc2ccc([N+](=O)[O-])cn2)cc1. The minimum absolute atomic E-state index is 0.0101. The normalized spacial score (nSPS) is 10.1. The summed E-state index contributed by atoms with van der Waals surface area (Å²) in [4.78, 5) is 25.6. The van der Waals surface area contributed by atoms with Crippen LogP contribution in [0.2, 0.25) is 0 Å². The van der Waals surface area contributed by atoms with Crippen molar-refractivity contribution in [1.29, 1.82) is 0 Å². The van der Waals surface area contributed by atoms with Crippen molar-refractivity contribution in [2.24, 2.45) is 0 Å². The lowest BCUT2D eigenvalue weighted by atomic mass is 10.2. The first-order valence-electron chi connectivity index (χ1n) is 5.46. The van der Waals surface area contributed by atoms with Crippen LogP contribution in [-0.4, -0.2) is 16.2 Å². The smallest absolute Gasteiger partial charge is 0.287 e. The zero-order valence-corrected chi connectivity index (χ0v) is 10.7. The van der Waals surface area contributed by atoms with E-state index in [1.54, 1.807) is 30.0 Å². The molecule has 6 heteroatoms. The lowest BCUT2D eigenvalue weighted by Crippen LogP contribution is -1.91. The second-order valence-corrected chi connectivity index (χ2v) is 4.79. The number of hydrogen-bond acceptors (Lipinski definition) is 5. The number of hydrogen-bond donors (Lipinski definition) is 0. The summed E-state index contributed by atoms with van der Waals surface area (Å²) in [6, 6.07) is 10.3. The summed E-state index contributed by atoms with van der Waals surface area (Å²) in [5.74, 6) is 0.623. The van der Waals surface area contributed by atoms with Crippen molar-refractivity contribution in [3.05, 3.63) is 64.0 Å². The highest BCUT2D eigenvalue weighted by Gasteiger charge is 2.05. The van der Waals surface area contributed by atoms with Gasteiger partial charge in [0, 0.05) is 22.3 Å². The Morgan fingerprint density at radius 3 is 2.47 bits per heavy atom. The summed E-state index contributed by atoms with van der Waals surface area (Å²) < 4.78 is 0. The van der Waals surface area contributed by atoms with E-state index in [4.69, 9.17) is 0 Å². The van der Waals surface area contributed by atoms with E-state index in [1.807, 2.05) is 12.1 Å². The molecular weight excluding hydrogens is 264 g/mol. The lowest BCUT2D eigenvalue weighted by molar-refractivity contribution is -0.385. The standard InChI is InChI=1S/C13H10N2O3S/c16-8-10-1-5-13(6-2-10)19-9-11-3-4-12(7-14-11)15(17)18/h1-8H,9H2. The van der Waals surface area contributed by atoms with Crippen LogP contribution >= 0.6 is 11.8 Å². The Hall–Kier alpha value is -2.21. The van der Waals surface area contributed by atoms with Gasteiger partial charge in [-0.15, -0.1) is 11.8 Å². The second-order valence-electron chi connectivity index (χ2n) is 3.74. The zero-order chi connectivity index (χ0) is 13.7. The number of carbonyl (C=O) groups is 1. The third-order valence-electron chi connectivity index (χ3n) is 2.42. The molecule has 0 amide bonds. The molecule has 96 valence electrons. The molecule has 2 rings (SSSR count). The molecule has 0 saturated carbocycles. The first-order valence-corrected chi connectivity index (χ1v) is 6.45. The number of thioether (sulfide) groups is 1. The maximum absolute atomic E-state index is 10.5. The van der Waals surface area contributed by atoms with Crippen LogP contribution in [-0.2, 0) is 5.75 Å². The molecule has 5 nitrogen and oxygen atoms in total. The molecule has 0 saturated heterocycles. The van der Waals surface area contributed by atoms with Crippen LogP contribution in [0.4, 0.5) is 5.69 Å². The fourth-order valence-electron chi connectivity index (χ4n) is 1.41. The summed E-state index contributed by atoms with van der Waals surface area (Å²) in [5, 5.41) is 10.5. The van der Waals surface area contributed by atoms with Crippen molar-refractivity contribution in [2.75, 3.05) is 0 Å². The average Bonchev–Trinajstić information content (AvgIpc) is 2.46. The Morgan fingerprint density at radius 2 is 1.95 bits per heavy atom. The number of aldehydes is 1. The van der Waals surface area contributed by atoms with E-state index in [9.17, 15) is 14.9 Å². The van der Waals surface area contributed by atoms with Crippen molar-refractivity contribution < 1.29 is 9.72 Å². The minimum Gasteiger partial charge on any atom is -0.298 e. The van der Waals surface area contributed by atoms with Crippen LogP contribution in [0.1, 0.15) is 16.1 Å². The summed E-state index contributed by atoms with van der Waals surface area (Å²) in [7, 11) is 0. The van der Waals surface area contributed by atoms with Crippen LogP contribution in [0, 0.1) is 10.1 Å². The molecular formula is C13H10N2O3S. The molecule has 1 aromatic carbocycles. The molecule has 0 unspecified atom stereocenters. The maximum Gasteiger partial charge on any atom is 0.287 e. The molecule has 0 aliphatic carbocycles. The number of nitro groups is 1. The molecule has 1 heterocycles. The third kappa shape index (κ3) is 3.62. The van der Waals surface area contributed by atoms with Gasteiger partial charge in [0.05, 0.1) is 10.6 Å². The minimum atomic E-state index is -0.470. The Morgan fingerprint density at radius 1 is 1.21 bits per heavy atom. The monoisotopic (exact) mass is 274 g/mol. The van der Waals surface area contributed by atoms with Gasteiger partial charge in [0.25, 0.3) is 5.69 Å². The summed E-state index contributed by atoms with van der Waals surface area (Å²) in [5.41, 5.74) is 1.40. The van der Waals surface area contributed by atoms with Crippen molar-refractivity contribution in [3.8, 4) is 0 Å². The maximum atomic E-state index is 10.5. The average molecular weight is 274 g/mol. The predicted molar refractivity (Wildman–Crippen MR) is 72.3 cm³/mol. The molecule has 1 aromatic heterocycles. The molecule has 0 atom stereocenters. The van der Waals surface area contributed by atoms with Gasteiger partial charge in [-0.05, 0) is 18.2 Å². The van der Waals surface area contributed by atoms with Gasteiger partial charge < -0.3 is 0 Å². The van der Waals surface area contributed by atoms with Crippen LogP contribution in [0.15, 0.2) is 47.5 Å². The van der Waals surface area contributed by atoms with Gasteiger partial charge in [0.1, 0.15) is 12.5 Å². The van der Waals surface area contributed by atoms with E-state index in [0.717, 1.165) is 16.9 Å². The van der Waals surface area contributed by atoms with Crippen LogP contribution in [0.3, 0.4) is 0 Å². The van der Waals surface area contributed by atoms with Gasteiger partial charge in [-0.25, -0.2) is 0 Å². The highest BCUT2D eigenvalue weighted by molar-refractivity contribution is 7.98. The van der Waals surface area contributed by atoms with Crippen molar-refractivity contribution in [2.45, 2.75) is 10.6 Å². The molecule has 19 heavy (non-hydrogen) atoms. The number of benzene rings is 1. The van der Waals surface area contributed by atoms with E-state index in [1.165, 1.54) is 12.3 Å². The first-order chi connectivity index (χ1) is 9.19. The van der Waals surface area contributed by atoms with Gasteiger partial charge in [0.2, 0.25) is 0 Å². The predicted octanol–water partition coefficient (Wildman–Crippen LogP) is 3.09. The number of nitrogens with zero attached hydrogens (tertiary/aromatic N) is 2. The van der Waals surface area contributed by atoms with E-state index >= 15 is 0 Å². The van der Waals surface area contributed by atoms with Crippen LogP contribution in [0.25, 0.3) is 0 Å². The molecule has 2 aromatic rings. The number of carbonyl (C=O) groups excluding carboxylic acids is 1. The van der Waals surface area contributed by atoms with Crippen LogP contribution < -0.4 is 0 Å². The quantitative estimate of drug-likeness (QED) is 0.362. The Bertz CT molecular complexity index is 582. The van der Waals surface area contributed by atoms with E-state index in [-0.39, 0.29) is 5.69 Å². The van der Waals surface area contributed by atoms with Gasteiger partial charge in [-0.2, -0.15) is 0 Å². The molecule has 0 fully saturated rings. The molecule has 0 radical (unpaired) electrons. The van der Waals surface area contributed by atoms with Gasteiger partial charge in [-0.1, -0.05) is 12.1 Å². The van der Waals surface area contributed by atoms with Gasteiger partial charge >= 0.3 is 0 Å².